The van der Waals surface area contributed by atoms with Gasteiger partial charge in [-0.2, -0.15) is 0 Å². The Hall–Kier alpha value is -2.29. The number of methoxy groups -OCH3 is 1. The van der Waals surface area contributed by atoms with Crippen molar-refractivity contribution in [1.82, 2.24) is 4.90 Å². The van der Waals surface area contributed by atoms with E-state index >= 15 is 0 Å². The molecule has 8 nitrogen and oxygen atoms in total. The summed E-state index contributed by atoms with van der Waals surface area (Å²) in [6.07, 6.45) is -0.743. The summed E-state index contributed by atoms with van der Waals surface area (Å²) < 4.78 is 33.1. The predicted octanol–water partition coefficient (Wildman–Crippen LogP) is 0.592. The standard InChI is InChI=1S/C16H21NO7S/c1-10(15(19)17(2)11-6-7-25(21,22)9-11)24-16(20)13-5-4-12(23-3)8-14(13)18/h4-5,8,10-11,18H,6-7,9H2,1-3H3/t10-,11-/m1/s1. The molecule has 0 bridgehead atoms. The Morgan fingerprint density at radius 3 is 2.56 bits per heavy atom. The highest BCUT2D eigenvalue weighted by molar-refractivity contribution is 7.91. The number of sulfone groups is 1. The zero-order valence-corrected chi connectivity index (χ0v) is 15.1. The number of phenols is 1. The number of ether oxygens (including phenoxy) is 2. The van der Waals surface area contributed by atoms with E-state index in [0.29, 0.717) is 12.2 Å². The van der Waals surface area contributed by atoms with Crippen LogP contribution in [0.3, 0.4) is 0 Å². The van der Waals surface area contributed by atoms with Gasteiger partial charge < -0.3 is 19.5 Å². The SMILES string of the molecule is COc1ccc(C(=O)O[C@H](C)C(=O)N(C)[C@@H]2CCS(=O)(=O)C2)c(O)c1. The van der Waals surface area contributed by atoms with E-state index in [1.54, 1.807) is 0 Å². The second-order valence-corrected chi connectivity index (χ2v) is 8.17. The fourth-order valence-corrected chi connectivity index (χ4v) is 4.41. The maximum atomic E-state index is 12.4. The van der Waals surface area contributed by atoms with E-state index in [1.807, 2.05) is 0 Å². The van der Waals surface area contributed by atoms with Crippen molar-refractivity contribution in [3.05, 3.63) is 23.8 Å². The van der Waals surface area contributed by atoms with Crippen molar-refractivity contribution in [3.8, 4) is 11.5 Å². The number of phenolic OH excluding ortho intramolecular Hbond substituents is 1. The van der Waals surface area contributed by atoms with Gasteiger partial charge in [-0.3, -0.25) is 4.79 Å². The Balaban J connectivity index is 2.02. The molecule has 25 heavy (non-hydrogen) atoms. The summed E-state index contributed by atoms with van der Waals surface area (Å²) in [4.78, 5) is 25.8. The van der Waals surface area contributed by atoms with Crippen LogP contribution in [0.25, 0.3) is 0 Å². The largest absolute Gasteiger partial charge is 0.507 e. The number of rotatable bonds is 5. The van der Waals surface area contributed by atoms with Crippen molar-refractivity contribution in [2.75, 3.05) is 25.7 Å². The number of nitrogens with zero attached hydrogens (tertiary/aromatic N) is 1. The molecule has 1 aromatic rings. The third-order valence-electron chi connectivity index (χ3n) is 4.16. The fraction of sp³-hybridized carbons (Fsp3) is 0.500. The van der Waals surface area contributed by atoms with E-state index in [1.165, 1.54) is 44.2 Å². The van der Waals surface area contributed by atoms with E-state index < -0.39 is 33.9 Å². The number of aromatic hydroxyl groups is 1. The minimum atomic E-state index is -3.12. The van der Waals surface area contributed by atoms with Crippen molar-refractivity contribution in [2.24, 2.45) is 0 Å². The number of hydrogen-bond acceptors (Lipinski definition) is 7. The van der Waals surface area contributed by atoms with Crippen LogP contribution in [0.4, 0.5) is 0 Å². The molecule has 1 aromatic carbocycles. The predicted molar refractivity (Wildman–Crippen MR) is 89.4 cm³/mol. The van der Waals surface area contributed by atoms with E-state index in [-0.39, 0.29) is 22.8 Å². The topological polar surface area (TPSA) is 110 Å². The van der Waals surface area contributed by atoms with Gasteiger partial charge in [0.25, 0.3) is 5.91 Å². The Morgan fingerprint density at radius 1 is 1.36 bits per heavy atom. The van der Waals surface area contributed by atoms with Crippen LogP contribution in [0.5, 0.6) is 11.5 Å². The minimum Gasteiger partial charge on any atom is -0.507 e. The van der Waals surface area contributed by atoms with Gasteiger partial charge in [0.2, 0.25) is 0 Å². The Labute approximate surface area is 146 Å². The summed E-state index contributed by atoms with van der Waals surface area (Å²) in [6, 6.07) is 3.66. The summed E-state index contributed by atoms with van der Waals surface area (Å²) in [5.41, 5.74) is -0.0912. The molecular formula is C16H21NO7S. The average Bonchev–Trinajstić information content (AvgIpc) is 2.92. The maximum absolute atomic E-state index is 12.4. The van der Waals surface area contributed by atoms with Crippen molar-refractivity contribution in [1.29, 1.82) is 0 Å². The number of amides is 1. The van der Waals surface area contributed by atoms with Crippen molar-refractivity contribution < 1.29 is 32.6 Å². The van der Waals surface area contributed by atoms with Gasteiger partial charge >= 0.3 is 5.97 Å². The number of likely N-dealkylation sites (N-methyl/N-ethyl adjacent to an activating group) is 1. The van der Waals surface area contributed by atoms with E-state index in [0.717, 1.165) is 0 Å². The van der Waals surface area contributed by atoms with Crippen LogP contribution in [0.2, 0.25) is 0 Å². The molecule has 1 aliphatic heterocycles. The smallest absolute Gasteiger partial charge is 0.342 e. The second kappa shape index (κ2) is 7.30. The van der Waals surface area contributed by atoms with Gasteiger partial charge in [-0.05, 0) is 25.5 Å². The normalized spacial score (nSPS) is 19.9. The Kier molecular flexibility index (Phi) is 5.56. The maximum Gasteiger partial charge on any atom is 0.342 e. The summed E-state index contributed by atoms with van der Waals surface area (Å²) in [5, 5.41) is 9.84. The zero-order chi connectivity index (χ0) is 18.8. The molecule has 2 atom stereocenters. The van der Waals surface area contributed by atoms with Gasteiger partial charge in [-0.25, -0.2) is 13.2 Å². The molecule has 9 heteroatoms. The third kappa shape index (κ3) is 4.41. The van der Waals surface area contributed by atoms with Crippen LogP contribution in [0, 0.1) is 0 Å². The molecule has 1 N–H and O–H groups in total. The number of esters is 1. The summed E-state index contributed by atoms with van der Waals surface area (Å²) in [5.74, 6) is -1.34. The molecule has 1 saturated heterocycles. The van der Waals surface area contributed by atoms with Gasteiger partial charge in [0.15, 0.2) is 15.9 Å². The molecule has 2 rings (SSSR count). The number of carbonyl (C=O) groups is 2. The molecule has 1 fully saturated rings. The lowest BCUT2D eigenvalue weighted by Crippen LogP contribution is -2.44. The molecule has 1 heterocycles. The van der Waals surface area contributed by atoms with E-state index in [2.05, 4.69) is 0 Å². The summed E-state index contributed by atoms with van der Waals surface area (Å²) >= 11 is 0. The molecule has 0 radical (unpaired) electrons. The molecule has 0 unspecified atom stereocenters. The molecule has 0 spiro atoms. The highest BCUT2D eigenvalue weighted by atomic mass is 32.2. The quantitative estimate of drug-likeness (QED) is 0.754. The van der Waals surface area contributed by atoms with Gasteiger partial charge in [0.1, 0.15) is 17.1 Å². The van der Waals surface area contributed by atoms with Crippen LogP contribution in [0.15, 0.2) is 18.2 Å². The highest BCUT2D eigenvalue weighted by Gasteiger charge is 2.35. The van der Waals surface area contributed by atoms with Crippen molar-refractivity contribution in [2.45, 2.75) is 25.5 Å². The van der Waals surface area contributed by atoms with E-state index in [4.69, 9.17) is 9.47 Å². The zero-order valence-electron chi connectivity index (χ0n) is 14.3. The van der Waals surface area contributed by atoms with E-state index in [9.17, 15) is 23.1 Å². The van der Waals surface area contributed by atoms with Gasteiger partial charge in [0.05, 0.1) is 18.6 Å². The summed E-state index contributed by atoms with van der Waals surface area (Å²) in [6.45, 7) is 1.40. The lowest BCUT2D eigenvalue weighted by molar-refractivity contribution is -0.140. The molecule has 1 amide bonds. The van der Waals surface area contributed by atoms with Gasteiger partial charge in [0, 0.05) is 19.2 Å². The number of carbonyl (C=O) groups excluding carboxylic acids is 2. The number of benzene rings is 1. The first-order valence-corrected chi connectivity index (χ1v) is 9.52. The summed E-state index contributed by atoms with van der Waals surface area (Å²) in [7, 11) is -0.212. The van der Waals surface area contributed by atoms with Crippen molar-refractivity contribution >= 4 is 21.7 Å². The lowest BCUT2D eigenvalue weighted by Gasteiger charge is -2.26. The van der Waals surface area contributed by atoms with Crippen molar-refractivity contribution in [3.63, 3.8) is 0 Å². The third-order valence-corrected chi connectivity index (χ3v) is 5.91. The highest BCUT2D eigenvalue weighted by Crippen LogP contribution is 2.24. The lowest BCUT2D eigenvalue weighted by atomic mass is 10.2. The van der Waals surface area contributed by atoms with Crippen LogP contribution in [-0.4, -0.2) is 68.1 Å². The first-order chi connectivity index (χ1) is 11.6. The molecule has 0 saturated carbocycles. The fourth-order valence-electron chi connectivity index (χ4n) is 2.63. The molecule has 0 aromatic heterocycles. The first kappa shape index (κ1) is 19.0. The molecule has 138 valence electrons. The molecular weight excluding hydrogens is 350 g/mol. The average molecular weight is 371 g/mol. The van der Waals surface area contributed by atoms with Crippen LogP contribution in [0.1, 0.15) is 23.7 Å². The monoisotopic (exact) mass is 371 g/mol. The Morgan fingerprint density at radius 2 is 2.04 bits per heavy atom. The van der Waals surface area contributed by atoms with Crippen LogP contribution >= 0.6 is 0 Å². The molecule has 1 aliphatic rings. The first-order valence-electron chi connectivity index (χ1n) is 7.69. The Bertz CT molecular complexity index is 775. The molecule has 0 aliphatic carbocycles. The number of hydrogen-bond donors (Lipinski definition) is 1. The minimum absolute atomic E-state index is 0.0448. The second-order valence-electron chi connectivity index (χ2n) is 5.94. The van der Waals surface area contributed by atoms with Crippen LogP contribution < -0.4 is 4.74 Å². The van der Waals surface area contributed by atoms with Gasteiger partial charge in [-0.15, -0.1) is 0 Å². The van der Waals surface area contributed by atoms with Gasteiger partial charge in [-0.1, -0.05) is 0 Å². The van der Waals surface area contributed by atoms with Crippen LogP contribution in [-0.2, 0) is 19.4 Å².